The molecule has 3 N–H and O–H groups in total. The van der Waals surface area contributed by atoms with E-state index in [4.69, 9.17) is 0 Å². The maximum atomic E-state index is 12.0. The summed E-state index contributed by atoms with van der Waals surface area (Å²) < 4.78 is 1.94. The third-order valence-corrected chi connectivity index (χ3v) is 3.92. The first-order valence-electron chi connectivity index (χ1n) is 7.99. The van der Waals surface area contributed by atoms with Crippen LogP contribution < -0.4 is 10.6 Å². The van der Waals surface area contributed by atoms with Crippen LogP contribution in [0, 0.1) is 11.8 Å². The summed E-state index contributed by atoms with van der Waals surface area (Å²) in [6.45, 7) is 12.9. The second-order valence-electron chi connectivity index (χ2n) is 6.75. The number of hydrogen-bond acceptors (Lipinski definition) is 3. The van der Waals surface area contributed by atoms with E-state index in [-0.39, 0.29) is 18.5 Å². The molecule has 6 nitrogen and oxygen atoms in total. The molecule has 0 bridgehead atoms. The molecule has 0 aliphatic rings. The molecule has 1 aromatic rings. The van der Waals surface area contributed by atoms with E-state index < -0.39 is 5.60 Å². The van der Waals surface area contributed by atoms with Crippen molar-refractivity contribution in [1.82, 2.24) is 15.1 Å². The van der Waals surface area contributed by atoms with E-state index in [2.05, 4.69) is 29.6 Å². The minimum atomic E-state index is -0.924. The quantitative estimate of drug-likeness (QED) is 0.724. The van der Waals surface area contributed by atoms with Gasteiger partial charge in [-0.05, 0) is 25.2 Å². The molecule has 6 heteroatoms. The van der Waals surface area contributed by atoms with Gasteiger partial charge in [-0.15, -0.1) is 0 Å². The maximum absolute atomic E-state index is 12.0. The number of amides is 2. The molecule has 0 fully saturated rings. The lowest BCUT2D eigenvalue weighted by Crippen LogP contribution is -2.45. The summed E-state index contributed by atoms with van der Waals surface area (Å²) in [6.07, 6.45) is 2.48. The van der Waals surface area contributed by atoms with Crippen LogP contribution in [0.2, 0.25) is 0 Å². The summed E-state index contributed by atoms with van der Waals surface area (Å²) >= 11 is 0. The molecule has 126 valence electrons. The van der Waals surface area contributed by atoms with Gasteiger partial charge in [0.15, 0.2) is 0 Å². The molecule has 1 unspecified atom stereocenters. The minimum absolute atomic E-state index is 0.0628. The highest BCUT2D eigenvalue weighted by Gasteiger charge is 2.25. The van der Waals surface area contributed by atoms with Gasteiger partial charge in [0.1, 0.15) is 0 Å². The average Bonchev–Trinajstić information content (AvgIpc) is 2.77. The molecular formula is C16H30N4O2. The highest BCUT2D eigenvalue weighted by Crippen LogP contribution is 2.18. The van der Waals surface area contributed by atoms with Gasteiger partial charge in [0, 0.05) is 13.1 Å². The fraction of sp³-hybridized carbons (Fsp3) is 0.750. The molecule has 0 saturated heterocycles. The number of carbonyl (C=O) groups excluding carboxylic acids is 1. The Bertz CT molecular complexity index is 492. The molecule has 0 aromatic carbocycles. The minimum Gasteiger partial charge on any atom is -0.388 e. The van der Waals surface area contributed by atoms with E-state index in [1.807, 2.05) is 25.5 Å². The van der Waals surface area contributed by atoms with Crippen LogP contribution in [-0.2, 0) is 13.0 Å². The lowest BCUT2D eigenvalue weighted by molar-refractivity contribution is 0.0170. The summed E-state index contributed by atoms with van der Waals surface area (Å²) in [6, 6.07) is -0.320. The van der Waals surface area contributed by atoms with Crippen molar-refractivity contribution >= 4 is 11.7 Å². The predicted octanol–water partition coefficient (Wildman–Crippen LogP) is 2.63. The molecule has 1 atom stereocenters. The highest BCUT2D eigenvalue weighted by atomic mass is 16.3. The zero-order valence-electron chi connectivity index (χ0n) is 14.6. The average molecular weight is 310 g/mol. The van der Waals surface area contributed by atoms with Gasteiger partial charge >= 0.3 is 6.03 Å². The number of aromatic nitrogens is 2. The lowest BCUT2D eigenvalue weighted by Gasteiger charge is -2.27. The molecule has 2 amide bonds. The summed E-state index contributed by atoms with van der Waals surface area (Å²) in [5.74, 6) is 0.556. The van der Waals surface area contributed by atoms with Gasteiger partial charge in [-0.25, -0.2) is 4.79 Å². The van der Waals surface area contributed by atoms with Crippen LogP contribution in [0.4, 0.5) is 10.5 Å². The smallest absolute Gasteiger partial charge is 0.319 e. The van der Waals surface area contributed by atoms with Gasteiger partial charge in [-0.1, -0.05) is 34.6 Å². The molecule has 0 aliphatic heterocycles. The third-order valence-electron chi connectivity index (χ3n) is 3.92. The monoisotopic (exact) mass is 310 g/mol. The van der Waals surface area contributed by atoms with Gasteiger partial charge < -0.3 is 15.7 Å². The van der Waals surface area contributed by atoms with Gasteiger partial charge in [-0.3, -0.25) is 4.68 Å². The van der Waals surface area contributed by atoms with Gasteiger partial charge in [0.25, 0.3) is 0 Å². The molecular weight excluding hydrogens is 280 g/mol. The molecule has 1 rings (SSSR count). The lowest BCUT2D eigenvalue weighted by atomic mass is 9.93. The number of anilines is 1. The fourth-order valence-electron chi connectivity index (χ4n) is 2.02. The molecule has 0 spiro atoms. The van der Waals surface area contributed by atoms with Crippen molar-refractivity contribution in [3.05, 3.63) is 11.9 Å². The number of carbonyl (C=O) groups is 1. The highest BCUT2D eigenvalue weighted by molar-refractivity contribution is 5.89. The Labute approximate surface area is 133 Å². The number of aliphatic hydroxyl groups is 1. The summed E-state index contributed by atoms with van der Waals surface area (Å²) in [5, 5.41) is 20.0. The van der Waals surface area contributed by atoms with E-state index >= 15 is 0 Å². The largest absolute Gasteiger partial charge is 0.388 e. The van der Waals surface area contributed by atoms with Crippen molar-refractivity contribution in [1.29, 1.82) is 0 Å². The third kappa shape index (κ3) is 5.02. The van der Waals surface area contributed by atoms with E-state index in [9.17, 15) is 9.90 Å². The van der Waals surface area contributed by atoms with Gasteiger partial charge in [0.05, 0.1) is 23.2 Å². The second kappa shape index (κ2) is 7.63. The van der Waals surface area contributed by atoms with E-state index in [1.54, 1.807) is 13.1 Å². The number of nitrogens with one attached hydrogen (secondary N) is 2. The van der Waals surface area contributed by atoms with Crippen LogP contribution in [0.25, 0.3) is 0 Å². The summed E-state index contributed by atoms with van der Waals surface area (Å²) in [4.78, 5) is 12.0. The Kier molecular flexibility index (Phi) is 6.41. The van der Waals surface area contributed by atoms with E-state index in [0.29, 0.717) is 5.92 Å². The zero-order valence-corrected chi connectivity index (χ0v) is 14.6. The van der Waals surface area contributed by atoms with Crippen molar-refractivity contribution in [2.75, 3.05) is 11.9 Å². The van der Waals surface area contributed by atoms with E-state index in [1.165, 1.54) is 0 Å². The fourth-order valence-corrected chi connectivity index (χ4v) is 2.02. The molecule has 0 radical (unpaired) electrons. The van der Waals surface area contributed by atoms with Crippen LogP contribution in [0.1, 0.15) is 47.2 Å². The molecule has 0 saturated carbocycles. The number of rotatable bonds is 7. The Balaban J connectivity index is 2.67. The summed E-state index contributed by atoms with van der Waals surface area (Å²) in [5.41, 5.74) is 0.816. The second-order valence-corrected chi connectivity index (χ2v) is 6.75. The van der Waals surface area contributed by atoms with Crippen molar-refractivity contribution < 1.29 is 9.90 Å². The Morgan fingerprint density at radius 2 is 2.05 bits per heavy atom. The topological polar surface area (TPSA) is 79.2 Å². The first-order chi connectivity index (χ1) is 10.2. The van der Waals surface area contributed by atoms with Gasteiger partial charge in [0.2, 0.25) is 0 Å². The first-order valence-corrected chi connectivity index (χ1v) is 7.99. The van der Waals surface area contributed by atoms with Crippen LogP contribution in [0.5, 0.6) is 0 Å². The van der Waals surface area contributed by atoms with Crippen molar-refractivity contribution in [3.63, 3.8) is 0 Å². The number of nitrogens with zero attached hydrogens (tertiary/aromatic N) is 2. The van der Waals surface area contributed by atoms with Gasteiger partial charge in [-0.2, -0.15) is 5.10 Å². The Morgan fingerprint density at radius 1 is 1.41 bits per heavy atom. The van der Waals surface area contributed by atoms with Crippen LogP contribution >= 0.6 is 0 Å². The van der Waals surface area contributed by atoms with Crippen LogP contribution in [-0.4, -0.2) is 33.1 Å². The van der Waals surface area contributed by atoms with E-state index in [0.717, 1.165) is 24.3 Å². The van der Waals surface area contributed by atoms with Crippen LogP contribution in [0.3, 0.4) is 0 Å². The SMILES string of the molecule is CCc1c(NC(=O)NCC(C)(O)C(C)C)cnn1CC(C)C. The maximum Gasteiger partial charge on any atom is 0.319 e. The Morgan fingerprint density at radius 3 is 2.55 bits per heavy atom. The van der Waals surface area contributed by atoms with Crippen molar-refractivity contribution in [2.24, 2.45) is 11.8 Å². The number of hydrogen-bond donors (Lipinski definition) is 3. The molecule has 0 aliphatic carbocycles. The predicted molar refractivity (Wildman–Crippen MR) is 88.9 cm³/mol. The number of urea groups is 1. The zero-order chi connectivity index (χ0) is 16.9. The molecule has 22 heavy (non-hydrogen) atoms. The molecule has 1 aromatic heterocycles. The van der Waals surface area contributed by atoms with Crippen molar-refractivity contribution in [2.45, 2.75) is 60.1 Å². The normalized spacial score (nSPS) is 14.2. The first kappa shape index (κ1) is 18.5. The summed E-state index contributed by atoms with van der Waals surface area (Å²) in [7, 11) is 0. The standard InChI is InChI=1S/C16H30N4O2/c1-7-14-13(8-18-20(14)9-11(2)3)19-15(21)17-10-16(6,22)12(4)5/h8,11-12,22H,7,9-10H2,1-6H3,(H2,17,19,21). The van der Waals surface area contributed by atoms with Crippen molar-refractivity contribution in [3.8, 4) is 0 Å². The Hall–Kier alpha value is -1.56. The van der Waals surface area contributed by atoms with Crippen LogP contribution in [0.15, 0.2) is 6.20 Å². The molecule has 1 heterocycles.